The van der Waals surface area contributed by atoms with Gasteiger partial charge < -0.3 is 4.90 Å². The van der Waals surface area contributed by atoms with E-state index in [9.17, 15) is 17.2 Å². The van der Waals surface area contributed by atoms with Crippen LogP contribution in [0.25, 0.3) is 0 Å². The van der Waals surface area contributed by atoms with Crippen LogP contribution in [0.2, 0.25) is 5.02 Å². The summed E-state index contributed by atoms with van der Waals surface area (Å²) in [5.41, 5.74) is 0.317. The second-order valence-corrected chi connectivity index (χ2v) is 6.98. The molecule has 0 amide bonds. The molecule has 0 radical (unpaired) electrons. The molecule has 1 aliphatic heterocycles. The molecule has 0 saturated heterocycles. The molecule has 0 aromatic heterocycles. The SMILES string of the molecule is N#CC1=CN(c2ccc(F)c(Cl)c2)c2cc(F)ccc2S1(=O)=O. The van der Waals surface area contributed by atoms with Gasteiger partial charge in [0.1, 0.15) is 17.7 Å². The number of hydrogen-bond donors (Lipinski definition) is 0. The molecule has 0 bridgehead atoms. The fraction of sp³-hybridized carbons (Fsp3) is 0. The Morgan fingerprint density at radius 3 is 2.52 bits per heavy atom. The Labute approximate surface area is 135 Å². The summed E-state index contributed by atoms with van der Waals surface area (Å²) in [6.45, 7) is 0. The average molecular weight is 353 g/mol. The van der Waals surface area contributed by atoms with Crippen molar-refractivity contribution in [2.24, 2.45) is 0 Å². The zero-order chi connectivity index (χ0) is 16.8. The Morgan fingerprint density at radius 1 is 1.13 bits per heavy atom. The first-order valence-electron chi connectivity index (χ1n) is 6.25. The lowest BCUT2D eigenvalue weighted by molar-refractivity contribution is 0.600. The van der Waals surface area contributed by atoms with E-state index in [1.165, 1.54) is 17.0 Å². The van der Waals surface area contributed by atoms with Gasteiger partial charge in [0.05, 0.1) is 15.6 Å². The van der Waals surface area contributed by atoms with E-state index in [1.807, 2.05) is 0 Å². The molecule has 8 heteroatoms. The van der Waals surface area contributed by atoms with Gasteiger partial charge in [-0.3, -0.25) is 0 Å². The lowest BCUT2D eigenvalue weighted by Crippen LogP contribution is -2.21. The van der Waals surface area contributed by atoms with Crippen LogP contribution in [0.1, 0.15) is 0 Å². The monoisotopic (exact) mass is 352 g/mol. The van der Waals surface area contributed by atoms with Crippen molar-refractivity contribution in [2.45, 2.75) is 4.90 Å². The van der Waals surface area contributed by atoms with Crippen molar-refractivity contribution >= 4 is 32.8 Å². The predicted molar refractivity (Wildman–Crippen MR) is 80.8 cm³/mol. The summed E-state index contributed by atoms with van der Waals surface area (Å²) in [6, 6.07) is 8.41. The number of fused-ring (bicyclic) bond motifs is 1. The number of benzene rings is 2. The molecule has 0 N–H and O–H groups in total. The summed E-state index contributed by atoms with van der Waals surface area (Å²) < 4.78 is 51.5. The van der Waals surface area contributed by atoms with Crippen LogP contribution >= 0.6 is 11.6 Å². The van der Waals surface area contributed by atoms with Gasteiger partial charge in [0.2, 0.25) is 9.84 Å². The summed E-state index contributed by atoms with van der Waals surface area (Å²) in [4.78, 5) is 0.569. The number of nitrogens with zero attached hydrogens (tertiary/aromatic N) is 2. The van der Waals surface area contributed by atoms with Crippen molar-refractivity contribution < 1.29 is 17.2 Å². The smallest absolute Gasteiger partial charge is 0.220 e. The highest BCUT2D eigenvalue weighted by Crippen LogP contribution is 2.40. The van der Waals surface area contributed by atoms with E-state index in [0.717, 1.165) is 30.5 Å². The first kappa shape index (κ1) is 15.5. The minimum absolute atomic E-state index is 0.0201. The molecular formula is C15H7ClF2N2O2S. The van der Waals surface area contributed by atoms with Crippen LogP contribution in [0, 0.1) is 23.0 Å². The number of halogens is 3. The van der Waals surface area contributed by atoms with Gasteiger partial charge in [-0.25, -0.2) is 17.2 Å². The number of nitriles is 1. The highest BCUT2D eigenvalue weighted by Gasteiger charge is 2.32. The molecule has 0 atom stereocenters. The Balaban J connectivity index is 2.30. The molecule has 0 fully saturated rings. The summed E-state index contributed by atoms with van der Waals surface area (Å²) in [5, 5.41) is 8.91. The van der Waals surface area contributed by atoms with E-state index < -0.39 is 26.4 Å². The maximum atomic E-state index is 13.6. The lowest BCUT2D eigenvalue weighted by Gasteiger charge is -2.27. The van der Waals surface area contributed by atoms with Crippen molar-refractivity contribution in [1.82, 2.24) is 0 Å². The fourth-order valence-corrected chi connectivity index (χ4v) is 3.67. The van der Waals surface area contributed by atoms with Crippen molar-refractivity contribution in [3.05, 3.63) is 64.2 Å². The van der Waals surface area contributed by atoms with Gasteiger partial charge in [0.15, 0.2) is 4.91 Å². The zero-order valence-electron chi connectivity index (χ0n) is 11.3. The Bertz CT molecular complexity index is 997. The molecule has 0 spiro atoms. The minimum atomic E-state index is -4.02. The minimum Gasteiger partial charge on any atom is -0.314 e. The van der Waals surface area contributed by atoms with Crippen molar-refractivity contribution in [2.75, 3.05) is 4.90 Å². The molecular weight excluding hydrogens is 346 g/mol. The Morgan fingerprint density at radius 2 is 1.87 bits per heavy atom. The molecule has 2 aromatic rings. The van der Waals surface area contributed by atoms with Gasteiger partial charge in [-0.05, 0) is 36.4 Å². The largest absolute Gasteiger partial charge is 0.314 e. The Kier molecular flexibility index (Phi) is 3.59. The van der Waals surface area contributed by atoms with Crippen molar-refractivity contribution in [3.63, 3.8) is 0 Å². The third-order valence-electron chi connectivity index (χ3n) is 3.30. The van der Waals surface area contributed by atoms with E-state index in [-0.39, 0.29) is 15.6 Å². The summed E-state index contributed by atoms with van der Waals surface area (Å²) in [7, 11) is -4.02. The van der Waals surface area contributed by atoms with Crippen molar-refractivity contribution in [1.29, 1.82) is 5.26 Å². The molecule has 1 heterocycles. The first-order valence-corrected chi connectivity index (χ1v) is 8.11. The fourth-order valence-electron chi connectivity index (χ4n) is 2.22. The third kappa shape index (κ3) is 2.46. The van der Waals surface area contributed by atoms with Crippen LogP contribution in [-0.4, -0.2) is 8.42 Å². The average Bonchev–Trinajstić information content (AvgIpc) is 2.50. The number of rotatable bonds is 1. The van der Waals surface area contributed by atoms with Crippen LogP contribution in [0.5, 0.6) is 0 Å². The number of hydrogen-bond acceptors (Lipinski definition) is 4. The van der Waals surface area contributed by atoms with Crippen LogP contribution in [0.3, 0.4) is 0 Å². The van der Waals surface area contributed by atoms with Crippen molar-refractivity contribution in [3.8, 4) is 6.07 Å². The maximum Gasteiger partial charge on any atom is 0.220 e. The molecule has 2 aromatic carbocycles. The van der Waals surface area contributed by atoms with Crippen LogP contribution in [0.15, 0.2) is 52.4 Å². The van der Waals surface area contributed by atoms with Crippen LogP contribution < -0.4 is 4.90 Å². The number of anilines is 2. The second-order valence-electron chi connectivity index (χ2n) is 4.69. The van der Waals surface area contributed by atoms with Gasteiger partial charge in [0, 0.05) is 11.9 Å². The quantitative estimate of drug-likeness (QED) is 0.730. The molecule has 0 unspecified atom stereocenters. The van der Waals surface area contributed by atoms with E-state index in [2.05, 4.69) is 0 Å². The highest BCUT2D eigenvalue weighted by molar-refractivity contribution is 7.95. The van der Waals surface area contributed by atoms with E-state index in [1.54, 1.807) is 6.07 Å². The summed E-state index contributed by atoms with van der Waals surface area (Å²) in [5.74, 6) is -1.30. The van der Waals surface area contributed by atoms with Crippen LogP contribution in [0.4, 0.5) is 20.2 Å². The second kappa shape index (κ2) is 5.33. The highest BCUT2D eigenvalue weighted by atomic mass is 35.5. The Hall–Kier alpha value is -2.43. The zero-order valence-corrected chi connectivity index (χ0v) is 12.9. The van der Waals surface area contributed by atoms with Gasteiger partial charge in [0.25, 0.3) is 0 Å². The molecule has 0 saturated carbocycles. The lowest BCUT2D eigenvalue weighted by atomic mass is 10.2. The van der Waals surface area contributed by atoms with Crippen LogP contribution in [-0.2, 0) is 9.84 Å². The summed E-state index contributed by atoms with van der Waals surface area (Å²) in [6.07, 6.45) is 1.06. The molecule has 4 nitrogen and oxygen atoms in total. The molecule has 1 aliphatic rings. The normalized spacial score (nSPS) is 15.6. The predicted octanol–water partition coefficient (Wildman–Crippen LogP) is 3.91. The van der Waals surface area contributed by atoms with Gasteiger partial charge >= 0.3 is 0 Å². The molecule has 0 aliphatic carbocycles. The number of allylic oxidation sites excluding steroid dienone is 1. The number of sulfone groups is 1. The van der Waals surface area contributed by atoms with E-state index in [4.69, 9.17) is 16.9 Å². The first-order chi connectivity index (χ1) is 10.8. The molecule has 116 valence electrons. The summed E-state index contributed by atoms with van der Waals surface area (Å²) >= 11 is 5.74. The molecule has 3 rings (SSSR count). The topological polar surface area (TPSA) is 61.2 Å². The van der Waals surface area contributed by atoms with Gasteiger partial charge in [-0.15, -0.1) is 0 Å². The van der Waals surface area contributed by atoms with E-state index >= 15 is 0 Å². The maximum absolute atomic E-state index is 13.6. The van der Waals surface area contributed by atoms with Gasteiger partial charge in [-0.2, -0.15) is 5.26 Å². The van der Waals surface area contributed by atoms with Gasteiger partial charge in [-0.1, -0.05) is 11.6 Å². The standard InChI is InChI=1S/C15H7ClF2N2O2S/c16-12-6-10(2-3-13(12)18)20-8-11(7-19)23(21,22)15-4-1-9(17)5-14(15)20/h1-6,8H. The third-order valence-corrected chi connectivity index (χ3v) is 5.29. The molecule has 23 heavy (non-hydrogen) atoms. The van der Waals surface area contributed by atoms with E-state index in [0.29, 0.717) is 5.69 Å².